The Morgan fingerprint density at radius 3 is 2.59 bits per heavy atom. The van der Waals surface area contributed by atoms with Gasteiger partial charge in [0, 0.05) is 31.2 Å². The van der Waals surface area contributed by atoms with Gasteiger partial charge in [-0.3, -0.25) is 0 Å². The van der Waals surface area contributed by atoms with Crippen LogP contribution >= 0.6 is 11.6 Å². The maximum Gasteiger partial charge on any atom is 0.435 e. The average molecular weight is 587 g/mol. The summed E-state index contributed by atoms with van der Waals surface area (Å²) in [4.78, 5) is 13.9. The third-order valence-corrected chi connectivity index (χ3v) is 7.96. The summed E-state index contributed by atoms with van der Waals surface area (Å²) in [5, 5.41) is 6.25. The minimum Gasteiger partial charge on any atom is -0.379 e. The van der Waals surface area contributed by atoms with Crippen molar-refractivity contribution in [3.05, 3.63) is 64.3 Å². The second-order valence-corrected chi connectivity index (χ2v) is 10.7. The molecule has 0 radical (unpaired) electrons. The van der Waals surface area contributed by atoms with Gasteiger partial charge in [-0.2, -0.15) is 27.6 Å². The lowest BCUT2D eigenvalue weighted by Crippen LogP contribution is -2.43. The fourth-order valence-electron chi connectivity index (χ4n) is 3.79. The largest absolute Gasteiger partial charge is 0.435 e. The Kier molecular flexibility index (Phi) is 7.28. The minimum atomic E-state index is -4.71. The summed E-state index contributed by atoms with van der Waals surface area (Å²) in [5.74, 6) is -0.811. The molecule has 39 heavy (non-hydrogen) atoms. The SMILES string of the molecule is O=S(=O)(C1=CN=CN(c2cnc(Nc3ccc(F)c(Cl)c3)nc2-n2ccc(C(F)(F)F)n2)C1)N1CCOCC1. The van der Waals surface area contributed by atoms with E-state index in [0.717, 1.165) is 23.0 Å². The zero-order valence-electron chi connectivity index (χ0n) is 19.8. The molecule has 5 rings (SSSR count). The number of halogens is 5. The molecule has 2 aliphatic heterocycles. The van der Waals surface area contributed by atoms with Crippen molar-refractivity contribution < 1.29 is 30.7 Å². The van der Waals surface area contributed by atoms with Crippen molar-refractivity contribution in [3.63, 3.8) is 0 Å². The number of hydrogen-bond donors (Lipinski definition) is 1. The fraction of sp³-hybridized carbons (Fsp3) is 0.273. The average Bonchev–Trinajstić information content (AvgIpc) is 3.43. The van der Waals surface area contributed by atoms with Crippen LogP contribution in [0.3, 0.4) is 0 Å². The van der Waals surface area contributed by atoms with E-state index in [1.807, 2.05) is 0 Å². The predicted molar refractivity (Wildman–Crippen MR) is 134 cm³/mol. The van der Waals surface area contributed by atoms with Crippen molar-refractivity contribution in [1.82, 2.24) is 24.1 Å². The quantitative estimate of drug-likeness (QED) is 0.436. The number of benzene rings is 1. The number of ether oxygens (including phenoxy) is 1. The molecule has 11 nitrogen and oxygen atoms in total. The molecule has 4 heterocycles. The Hall–Kier alpha value is -3.60. The molecule has 0 unspecified atom stereocenters. The standard InChI is InChI=1S/C22H19ClF4N8O3S/c23-16-9-14(1-2-17(16)24)30-21-29-11-18(20(31-21)35-4-3-19(32-35)22(25,26)27)33-12-15(10-28-13-33)39(36,37)34-5-7-38-8-6-34/h1-4,9-11,13H,5-8,12H2,(H,29,30,31). The van der Waals surface area contributed by atoms with Gasteiger partial charge in [-0.25, -0.2) is 27.5 Å². The van der Waals surface area contributed by atoms with Crippen LogP contribution in [0.15, 0.2) is 52.8 Å². The predicted octanol–water partition coefficient (Wildman–Crippen LogP) is 3.57. The maximum absolute atomic E-state index is 13.5. The van der Waals surface area contributed by atoms with Gasteiger partial charge in [-0.05, 0) is 24.3 Å². The van der Waals surface area contributed by atoms with E-state index in [1.54, 1.807) is 0 Å². The third kappa shape index (κ3) is 5.73. The molecule has 1 saturated heterocycles. The highest BCUT2D eigenvalue weighted by molar-refractivity contribution is 7.93. The van der Waals surface area contributed by atoms with E-state index in [1.165, 1.54) is 40.1 Å². The van der Waals surface area contributed by atoms with Crippen LogP contribution in [0.2, 0.25) is 5.02 Å². The van der Waals surface area contributed by atoms with Gasteiger partial charge in [0.1, 0.15) is 11.5 Å². The van der Waals surface area contributed by atoms with E-state index in [0.29, 0.717) is 5.69 Å². The van der Waals surface area contributed by atoms with E-state index >= 15 is 0 Å². The topological polar surface area (TPSA) is 118 Å². The van der Waals surface area contributed by atoms with Crippen LogP contribution in [-0.2, 0) is 20.9 Å². The zero-order valence-corrected chi connectivity index (χ0v) is 21.4. The number of sulfonamides is 1. The van der Waals surface area contributed by atoms with Crippen molar-refractivity contribution in [2.45, 2.75) is 6.18 Å². The van der Waals surface area contributed by atoms with Crippen molar-refractivity contribution in [1.29, 1.82) is 0 Å². The van der Waals surface area contributed by atoms with Crippen molar-refractivity contribution in [2.24, 2.45) is 4.99 Å². The number of nitrogens with zero attached hydrogens (tertiary/aromatic N) is 7. The van der Waals surface area contributed by atoms with Gasteiger partial charge >= 0.3 is 6.18 Å². The molecule has 0 bridgehead atoms. The van der Waals surface area contributed by atoms with Gasteiger partial charge in [0.05, 0.1) is 42.2 Å². The van der Waals surface area contributed by atoms with Gasteiger partial charge in [0.15, 0.2) is 11.5 Å². The van der Waals surface area contributed by atoms with Crippen LogP contribution in [0, 0.1) is 5.82 Å². The van der Waals surface area contributed by atoms with Gasteiger partial charge in [-0.15, -0.1) is 0 Å². The molecule has 1 N–H and O–H groups in total. The first kappa shape index (κ1) is 27.0. The molecule has 0 atom stereocenters. The first-order chi connectivity index (χ1) is 18.5. The molecule has 0 amide bonds. The van der Waals surface area contributed by atoms with Crippen LogP contribution < -0.4 is 10.2 Å². The van der Waals surface area contributed by atoms with Crippen LogP contribution in [-0.4, -0.2) is 71.7 Å². The first-order valence-corrected chi connectivity index (χ1v) is 13.1. The highest BCUT2D eigenvalue weighted by atomic mass is 35.5. The van der Waals surface area contributed by atoms with E-state index in [2.05, 4.69) is 25.4 Å². The Labute approximate surface area is 224 Å². The summed E-state index contributed by atoms with van der Waals surface area (Å²) < 4.78 is 87.2. The molecule has 1 fully saturated rings. The molecule has 206 valence electrons. The number of anilines is 3. The number of alkyl halides is 3. The second-order valence-electron chi connectivity index (χ2n) is 8.30. The van der Waals surface area contributed by atoms with Crippen LogP contribution in [0.1, 0.15) is 5.69 Å². The van der Waals surface area contributed by atoms with Gasteiger partial charge in [0.25, 0.3) is 0 Å². The van der Waals surface area contributed by atoms with Gasteiger partial charge in [0.2, 0.25) is 16.0 Å². The lowest BCUT2D eigenvalue weighted by atomic mass is 10.3. The summed E-state index contributed by atoms with van der Waals surface area (Å²) in [5.41, 5.74) is -0.714. The molecule has 0 aliphatic carbocycles. The number of hydrogen-bond acceptors (Lipinski definition) is 9. The summed E-state index contributed by atoms with van der Waals surface area (Å²) in [6, 6.07) is 4.56. The number of morpholine rings is 1. The Balaban J connectivity index is 1.50. The van der Waals surface area contributed by atoms with Crippen LogP contribution in [0.4, 0.5) is 34.9 Å². The Morgan fingerprint density at radius 2 is 1.90 bits per heavy atom. The molecule has 3 aromatic rings. The number of aliphatic imine (C=N–C) groups is 1. The second kappa shape index (κ2) is 10.5. The van der Waals surface area contributed by atoms with Gasteiger partial charge in [-0.1, -0.05) is 11.6 Å². The van der Waals surface area contributed by atoms with E-state index in [9.17, 15) is 26.0 Å². The molecule has 0 spiro atoms. The van der Waals surface area contributed by atoms with E-state index in [-0.39, 0.29) is 60.2 Å². The summed E-state index contributed by atoms with van der Waals surface area (Å²) >= 11 is 5.82. The van der Waals surface area contributed by atoms with Gasteiger partial charge < -0.3 is 15.0 Å². The normalized spacial score (nSPS) is 16.8. The minimum absolute atomic E-state index is 0.0301. The summed E-state index contributed by atoms with van der Waals surface area (Å²) in [6.07, 6.45) is 0.156. The molecular weight excluding hydrogens is 568 g/mol. The number of aromatic nitrogens is 4. The fourth-order valence-corrected chi connectivity index (χ4v) is 5.43. The zero-order chi connectivity index (χ0) is 27.8. The van der Waals surface area contributed by atoms with Crippen molar-refractivity contribution >= 4 is 45.3 Å². The van der Waals surface area contributed by atoms with E-state index in [4.69, 9.17) is 16.3 Å². The molecule has 1 aromatic carbocycles. The lowest BCUT2D eigenvalue weighted by molar-refractivity contribution is -0.141. The third-order valence-electron chi connectivity index (χ3n) is 5.72. The highest BCUT2D eigenvalue weighted by Gasteiger charge is 2.35. The first-order valence-electron chi connectivity index (χ1n) is 11.3. The van der Waals surface area contributed by atoms with Crippen LogP contribution in [0.25, 0.3) is 5.82 Å². The smallest absolute Gasteiger partial charge is 0.379 e. The maximum atomic E-state index is 13.5. The summed E-state index contributed by atoms with van der Waals surface area (Å²) in [7, 11) is -3.88. The highest BCUT2D eigenvalue weighted by Crippen LogP contribution is 2.31. The van der Waals surface area contributed by atoms with Crippen molar-refractivity contribution in [2.75, 3.05) is 43.1 Å². The molecular formula is C22H19ClF4N8O3S. The van der Waals surface area contributed by atoms with Crippen LogP contribution in [0.5, 0.6) is 0 Å². The monoisotopic (exact) mass is 586 g/mol. The lowest BCUT2D eigenvalue weighted by Gasteiger charge is -2.30. The number of nitrogens with one attached hydrogen (secondary N) is 1. The molecule has 17 heteroatoms. The Bertz CT molecular complexity index is 1550. The summed E-state index contributed by atoms with van der Waals surface area (Å²) in [6.45, 7) is 0.684. The molecule has 2 aromatic heterocycles. The molecule has 0 saturated carbocycles. The molecule has 2 aliphatic rings. The van der Waals surface area contributed by atoms with Crippen molar-refractivity contribution in [3.8, 4) is 5.82 Å². The van der Waals surface area contributed by atoms with E-state index < -0.39 is 27.7 Å². The number of rotatable bonds is 6. The Morgan fingerprint density at radius 1 is 1.13 bits per heavy atom.